The lowest BCUT2D eigenvalue weighted by atomic mass is 10.1. The highest BCUT2D eigenvalue weighted by Crippen LogP contribution is 2.34. The topological polar surface area (TPSA) is 75.4 Å². The Morgan fingerprint density at radius 3 is 2.67 bits per heavy atom. The number of aryl methyl sites for hydroxylation is 1. The Morgan fingerprint density at radius 1 is 1.30 bits per heavy atom. The van der Waals surface area contributed by atoms with Gasteiger partial charge in [-0.25, -0.2) is 4.68 Å². The smallest absolute Gasteiger partial charge is 0.303 e. The molecule has 1 aliphatic heterocycles. The van der Waals surface area contributed by atoms with E-state index in [1.807, 2.05) is 54.9 Å². The van der Waals surface area contributed by atoms with Crippen LogP contribution in [0, 0.1) is 13.8 Å². The maximum atomic E-state index is 12.7. The van der Waals surface area contributed by atoms with Gasteiger partial charge in [0, 0.05) is 24.2 Å². The second-order valence-electron chi connectivity index (χ2n) is 6.16. The summed E-state index contributed by atoms with van der Waals surface area (Å²) in [6, 6.07) is 9.81. The monoisotopic (exact) mass is 401 g/mol. The number of thiocarbonyl (C=S) groups is 1. The van der Waals surface area contributed by atoms with Crippen molar-refractivity contribution in [3.05, 3.63) is 52.2 Å². The van der Waals surface area contributed by atoms with Crippen LogP contribution in [0.3, 0.4) is 0 Å². The number of carbonyl (C=O) groups is 2. The zero-order chi connectivity index (χ0) is 19.6. The SMILES string of the molecule is Cc1nn(-c2ccccc2)c(C)c1/C=C1\SC(=S)N(CCCC(=O)O)C1=O. The number of carboxylic acid groups (broad SMARTS) is 1. The number of hydrogen-bond acceptors (Lipinski definition) is 5. The van der Waals surface area contributed by atoms with Crippen LogP contribution >= 0.6 is 24.0 Å². The predicted molar refractivity (Wildman–Crippen MR) is 110 cm³/mol. The van der Waals surface area contributed by atoms with Crippen molar-refractivity contribution < 1.29 is 14.7 Å². The maximum absolute atomic E-state index is 12.7. The van der Waals surface area contributed by atoms with Crippen molar-refractivity contribution in [2.75, 3.05) is 6.54 Å². The van der Waals surface area contributed by atoms with Crippen LogP contribution in [-0.4, -0.2) is 42.5 Å². The summed E-state index contributed by atoms with van der Waals surface area (Å²) in [5, 5.41) is 13.4. The van der Waals surface area contributed by atoms with Crippen LogP contribution in [0.2, 0.25) is 0 Å². The van der Waals surface area contributed by atoms with Gasteiger partial charge in [0.2, 0.25) is 0 Å². The van der Waals surface area contributed by atoms with Crippen molar-refractivity contribution in [1.82, 2.24) is 14.7 Å². The first-order valence-corrected chi connectivity index (χ1v) is 9.69. The van der Waals surface area contributed by atoms with Gasteiger partial charge in [-0.15, -0.1) is 0 Å². The van der Waals surface area contributed by atoms with E-state index in [2.05, 4.69) is 5.10 Å². The molecule has 1 aromatic heterocycles. The van der Waals surface area contributed by atoms with Gasteiger partial charge in [-0.05, 0) is 38.5 Å². The van der Waals surface area contributed by atoms with Crippen LogP contribution in [0.4, 0.5) is 0 Å². The van der Waals surface area contributed by atoms with Crippen LogP contribution in [0.15, 0.2) is 35.2 Å². The third kappa shape index (κ3) is 4.12. The molecule has 1 aliphatic rings. The van der Waals surface area contributed by atoms with E-state index < -0.39 is 5.97 Å². The van der Waals surface area contributed by atoms with E-state index in [1.54, 1.807) is 0 Å². The minimum atomic E-state index is -0.879. The number of benzene rings is 1. The van der Waals surface area contributed by atoms with Crippen LogP contribution < -0.4 is 0 Å². The van der Waals surface area contributed by atoms with Gasteiger partial charge in [0.1, 0.15) is 4.32 Å². The van der Waals surface area contributed by atoms with Gasteiger partial charge in [0.25, 0.3) is 5.91 Å². The number of thioether (sulfide) groups is 1. The average Bonchev–Trinajstić information content (AvgIpc) is 3.07. The molecule has 0 unspecified atom stereocenters. The summed E-state index contributed by atoms with van der Waals surface area (Å²) in [7, 11) is 0. The summed E-state index contributed by atoms with van der Waals surface area (Å²) in [6.45, 7) is 4.19. The molecule has 1 saturated heterocycles. The number of rotatable bonds is 6. The molecule has 140 valence electrons. The standard InChI is InChI=1S/C19H19N3O3S2/c1-12-15(13(2)22(20-12)14-7-4-3-5-8-14)11-16-18(25)21(19(26)27-16)10-6-9-17(23)24/h3-5,7-8,11H,6,9-10H2,1-2H3,(H,23,24)/b16-11-. The molecular weight excluding hydrogens is 382 g/mol. The van der Waals surface area contributed by atoms with E-state index in [1.165, 1.54) is 16.7 Å². The predicted octanol–water partition coefficient (Wildman–Crippen LogP) is 3.56. The fraction of sp³-hybridized carbons (Fsp3) is 0.263. The zero-order valence-corrected chi connectivity index (χ0v) is 16.6. The number of nitrogens with zero attached hydrogens (tertiary/aromatic N) is 3. The summed E-state index contributed by atoms with van der Waals surface area (Å²) < 4.78 is 2.32. The lowest BCUT2D eigenvalue weighted by molar-refractivity contribution is -0.137. The molecule has 0 atom stereocenters. The molecule has 1 amide bonds. The first-order valence-electron chi connectivity index (χ1n) is 8.47. The number of aliphatic carboxylic acids is 1. The molecule has 0 spiro atoms. The van der Waals surface area contributed by atoms with Crippen molar-refractivity contribution in [3.8, 4) is 5.69 Å². The van der Waals surface area contributed by atoms with E-state index in [-0.39, 0.29) is 12.3 Å². The summed E-state index contributed by atoms with van der Waals surface area (Å²) in [5.41, 5.74) is 3.62. The van der Waals surface area contributed by atoms with Crippen molar-refractivity contribution >= 4 is 46.3 Å². The van der Waals surface area contributed by atoms with Crippen molar-refractivity contribution in [2.45, 2.75) is 26.7 Å². The molecule has 0 bridgehead atoms. The molecule has 0 saturated carbocycles. The average molecular weight is 402 g/mol. The van der Waals surface area contributed by atoms with E-state index in [0.29, 0.717) is 22.2 Å². The molecule has 0 radical (unpaired) electrons. The van der Waals surface area contributed by atoms with Gasteiger partial charge >= 0.3 is 5.97 Å². The van der Waals surface area contributed by atoms with Gasteiger partial charge in [-0.1, -0.05) is 42.2 Å². The molecule has 1 N–H and O–H groups in total. The van der Waals surface area contributed by atoms with Crippen molar-refractivity contribution in [2.24, 2.45) is 0 Å². The normalized spacial score (nSPS) is 15.8. The van der Waals surface area contributed by atoms with E-state index in [0.717, 1.165) is 22.6 Å². The number of para-hydroxylation sites is 1. The van der Waals surface area contributed by atoms with Gasteiger partial charge in [0.05, 0.1) is 16.3 Å². The van der Waals surface area contributed by atoms with Gasteiger partial charge in [0.15, 0.2) is 0 Å². The highest BCUT2D eigenvalue weighted by Gasteiger charge is 2.32. The Bertz CT molecular complexity index is 935. The Hall–Kier alpha value is -2.45. The van der Waals surface area contributed by atoms with Gasteiger partial charge in [-0.2, -0.15) is 5.10 Å². The quantitative estimate of drug-likeness (QED) is 0.589. The molecule has 1 fully saturated rings. The summed E-state index contributed by atoms with van der Waals surface area (Å²) >= 11 is 6.54. The molecule has 6 nitrogen and oxygen atoms in total. The lowest BCUT2D eigenvalue weighted by Crippen LogP contribution is -2.29. The zero-order valence-electron chi connectivity index (χ0n) is 15.0. The number of amides is 1. The fourth-order valence-electron chi connectivity index (χ4n) is 2.90. The first-order chi connectivity index (χ1) is 12.9. The molecule has 1 aromatic carbocycles. The Labute approximate surface area is 166 Å². The second kappa shape index (κ2) is 8.06. The van der Waals surface area contributed by atoms with Crippen LogP contribution in [0.25, 0.3) is 11.8 Å². The van der Waals surface area contributed by atoms with E-state index in [4.69, 9.17) is 17.3 Å². The Balaban J connectivity index is 1.85. The summed E-state index contributed by atoms with van der Waals surface area (Å²) in [5.74, 6) is -1.06. The minimum Gasteiger partial charge on any atom is -0.481 e. The van der Waals surface area contributed by atoms with E-state index >= 15 is 0 Å². The Morgan fingerprint density at radius 2 is 2.00 bits per heavy atom. The third-order valence-electron chi connectivity index (χ3n) is 4.27. The minimum absolute atomic E-state index is 0.0121. The van der Waals surface area contributed by atoms with E-state index in [9.17, 15) is 9.59 Å². The number of hydrogen-bond donors (Lipinski definition) is 1. The highest BCUT2D eigenvalue weighted by atomic mass is 32.2. The number of carbonyl (C=O) groups excluding carboxylic acids is 1. The maximum Gasteiger partial charge on any atom is 0.303 e. The highest BCUT2D eigenvalue weighted by molar-refractivity contribution is 8.26. The lowest BCUT2D eigenvalue weighted by Gasteiger charge is -2.13. The van der Waals surface area contributed by atoms with Crippen molar-refractivity contribution in [1.29, 1.82) is 0 Å². The molecule has 3 rings (SSSR count). The molecule has 0 aliphatic carbocycles. The summed E-state index contributed by atoms with van der Waals surface area (Å²) in [6.07, 6.45) is 2.21. The molecular formula is C19H19N3O3S2. The number of aromatic nitrogens is 2. The Kier molecular flexibility index (Phi) is 5.76. The second-order valence-corrected chi connectivity index (χ2v) is 7.84. The van der Waals surface area contributed by atoms with Crippen molar-refractivity contribution in [3.63, 3.8) is 0 Å². The largest absolute Gasteiger partial charge is 0.481 e. The third-order valence-corrected chi connectivity index (χ3v) is 5.65. The van der Waals surface area contributed by atoms with Gasteiger partial charge in [-0.3, -0.25) is 14.5 Å². The van der Waals surface area contributed by atoms with Gasteiger partial charge < -0.3 is 5.11 Å². The van der Waals surface area contributed by atoms with Crippen LogP contribution in [0.5, 0.6) is 0 Å². The molecule has 27 heavy (non-hydrogen) atoms. The van der Waals surface area contributed by atoms with Crippen LogP contribution in [-0.2, 0) is 9.59 Å². The molecule has 2 heterocycles. The van der Waals surface area contributed by atoms with Crippen LogP contribution in [0.1, 0.15) is 29.8 Å². The first kappa shape index (κ1) is 19.3. The fourth-order valence-corrected chi connectivity index (χ4v) is 4.19. The molecule has 2 aromatic rings. The summed E-state index contributed by atoms with van der Waals surface area (Å²) in [4.78, 5) is 25.4. The molecule has 8 heteroatoms. The number of carboxylic acids is 1.